The maximum Gasteiger partial charge on any atom is 0.221 e. The van der Waals surface area contributed by atoms with Crippen molar-refractivity contribution in [2.24, 2.45) is 5.73 Å². The fourth-order valence-electron chi connectivity index (χ4n) is 1.84. The van der Waals surface area contributed by atoms with Crippen LogP contribution in [0.2, 0.25) is 0 Å². The van der Waals surface area contributed by atoms with Crippen LogP contribution in [-0.2, 0) is 11.2 Å². The van der Waals surface area contributed by atoms with Gasteiger partial charge in [-0.25, -0.2) is 0 Å². The molecule has 0 fully saturated rings. The molecule has 0 unspecified atom stereocenters. The number of ether oxygens (including phenoxy) is 1. The van der Waals surface area contributed by atoms with E-state index in [4.69, 9.17) is 10.5 Å². The Morgan fingerprint density at radius 3 is 2.10 bits per heavy atom. The van der Waals surface area contributed by atoms with Gasteiger partial charge in [-0.2, -0.15) is 0 Å². The first-order valence-corrected chi connectivity index (χ1v) is 6.52. The summed E-state index contributed by atoms with van der Waals surface area (Å²) >= 11 is 0. The number of benzene rings is 2. The lowest BCUT2D eigenvalue weighted by Crippen LogP contribution is -2.05. The molecule has 2 aromatic carbocycles. The lowest BCUT2D eigenvalue weighted by Gasteiger charge is -2.08. The van der Waals surface area contributed by atoms with Gasteiger partial charge in [0.05, 0.1) is 0 Å². The largest absolute Gasteiger partial charge is 0.457 e. The molecule has 0 aliphatic heterocycles. The molecule has 0 aliphatic rings. The highest BCUT2D eigenvalue weighted by Gasteiger charge is 1.99. The minimum absolute atomic E-state index is 0.0887. The van der Waals surface area contributed by atoms with E-state index in [0.717, 1.165) is 23.6 Å². The van der Waals surface area contributed by atoms with Crippen molar-refractivity contribution in [2.45, 2.75) is 13.3 Å². The molecule has 0 bridgehead atoms. The normalized spacial score (nSPS) is 10.1. The van der Waals surface area contributed by atoms with Gasteiger partial charge in [0.1, 0.15) is 11.5 Å². The SMILES string of the molecule is CC(=O)Nc1ccc(Oc2ccc(CCN)cc2)cc1. The molecule has 20 heavy (non-hydrogen) atoms. The first-order valence-electron chi connectivity index (χ1n) is 6.52. The lowest BCUT2D eigenvalue weighted by molar-refractivity contribution is -0.114. The number of hydrogen-bond acceptors (Lipinski definition) is 3. The van der Waals surface area contributed by atoms with Crippen LogP contribution in [0.5, 0.6) is 11.5 Å². The van der Waals surface area contributed by atoms with E-state index in [9.17, 15) is 4.79 Å². The van der Waals surface area contributed by atoms with Crippen LogP contribution in [0.3, 0.4) is 0 Å². The molecule has 0 heterocycles. The molecule has 0 saturated carbocycles. The Morgan fingerprint density at radius 2 is 1.60 bits per heavy atom. The summed E-state index contributed by atoms with van der Waals surface area (Å²) in [5, 5.41) is 2.71. The minimum Gasteiger partial charge on any atom is -0.457 e. The van der Waals surface area contributed by atoms with Gasteiger partial charge < -0.3 is 15.8 Å². The summed E-state index contributed by atoms with van der Waals surface area (Å²) in [6.07, 6.45) is 0.867. The quantitative estimate of drug-likeness (QED) is 0.878. The van der Waals surface area contributed by atoms with Crippen molar-refractivity contribution in [1.29, 1.82) is 0 Å². The average molecular weight is 270 g/mol. The predicted octanol–water partition coefficient (Wildman–Crippen LogP) is 2.94. The van der Waals surface area contributed by atoms with Gasteiger partial charge >= 0.3 is 0 Å². The molecule has 0 aromatic heterocycles. The smallest absolute Gasteiger partial charge is 0.221 e. The van der Waals surface area contributed by atoms with E-state index in [2.05, 4.69) is 5.32 Å². The summed E-state index contributed by atoms with van der Waals surface area (Å²) in [7, 11) is 0. The molecule has 4 nitrogen and oxygen atoms in total. The first-order chi connectivity index (χ1) is 9.67. The number of nitrogens with two attached hydrogens (primary N) is 1. The molecular weight excluding hydrogens is 252 g/mol. The van der Waals surface area contributed by atoms with Gasteiger partial charge in [0, 0.05) is 12.6 Å². The van der Waals surface area contributed by atoms with Crippen molar-refractivity contribution in [3.8, 4) is 11.5 Å². The number of hydrogen-bond donors (Lipinski definition) is 2. The standard InChI is InChI=1S/C16H18N2O2/c1-12(19)18-14-4-8-16(9-5-14)20-15-6-2-13(3-7-15)10-11-17/h2-9H,10-11,17H2,1H3,(H,18,19). The average Bonchev–Trinajstić information content (AvgIpc) is 2.43. The van der Waals surface area contributed by atoms with Crippen LogP contribution in [0, 0.1) is 0 Å². The fourth-order valence-corrected chi connectivity index (χ4v) is 1.84. The number of nitrogens with one attached hydrogen (secondary N) is 1. The highest BCUT2D eigenvalue weighted by molar-refractivity contribution is 5.88. The second kappa shape index (κ2) is 6.73. The van der Waals surface area contributed by atoms with Gasteiger partial charge in [0.2, 0.25) is 5.91 Å². The van der Waals surface area contributed by atoms with Crippen molar-refractivity contribution in [3.05, 3.63) is 54.1 Å². The third kappa shape index (κ3) is 4.10. The molecule has 0 spiro atoms. The number of amides is 1. The molecule has 2 aromatic rings. The topological polar surface area (TPSA) is 64.3 Å². The van der Waals surface area contributed by atoms with Crippen molar-refractivity contribution in [1.82, 2.24) is 0 Å². The zero-order valence-electron chi connectivity index (χ0n) is 11.4. The maximum absolute atomic E-state index is 10.9. The van der Waals surface area contributed by atoms with Crippen molar-refractivity contribution in [3.63, 3.8) is 0 Å². The number of carbonyl (C=O) groups is 1. The van der Waals surface area contributed by atoms with Crippen LogP contribution in [0.4, 0.5) is 5.69 Å². The molecular formula is C16H18N2O2. The Bertz CT molecular complexity index is 562. The molecule has 2 rings (SSSR count). The Hall–Kier alpha value is -2.33. The van der Waals surface area contributed by atoms with E-state index in [-0.39, 0.29) is 5.91 Å². The summed E-state index contributed by atoms with van der Waals surface area (Å²) in [5.41, 5.74) is 7.46. The fraction of sp³-hybridized carbons (Fsp3) is 0.188. The van der Waals surface area contributed by atoms with Crippen LogP contribution >= 0.6 is 0 Å². The van der Waals surface area contributed by atoms with Crippen LogP contribution in [0.25, 0.3) is 0 Å². The van der Waals surface area contributed by atoms with E-state index >= 15 is 0 Å². The first kappa shape index (κ1) is 14.1. The third-order valence-corrected chi connectivity index (χ3v) is 2.77. The molecule has 0 saturated heterocycles. The van der Waals surface area contributed by atoms with Crippen molar-refractivity contribution < 1.29 is 9.53 Å². The van der Waals surface area contributed by atoms with E-state index < -0.39 is 0 Å². The number of rotatable bonds is 5. The van der Waals surface area contributed by atoms with Gasteiger partial charge in [0.25, 0.3) is 0 Å². The van der Waals surface area contributed by atoms with Crippen LogP contribution in [0.1, 0.15) is 12.5 Å². The number of carbonyl (C=O) groups excluding carboxylic acids is 1. The Labute approximate surface area is 118 Å². The molecule has 4 heteroatoms. The lowest BCUT2D eigenvalue weighted by atomic mass is 10.1. The van der Waals surface area contributed by atoms with Crippen molar-refractivity contribution in [2.75, 3.05) is 11.9 Å². The summed E-state index contributed by atoms with van der Waals surface area (Å²) in [6, 6.07) is 15.1. The van der Waals surface area contributed by atoms with Crippen LogP contribution in [0.15, 0.2) is 48.5 Å². The summed E-state index contributed by atoms with van der Waals surface area (Å²) < 4.78 is 5.73. The van der Waals surface area contributed by atoms with E-state index in [1.54, 1.807) is 12.1 Å². The monoisotopic (exact) mass is 270 g/mol. The molecule has 0 radical (unpaired) electrons. The second-order valence-corrected chi connectivity index (χ2v) is 4.49. The van der Waals surface area contributed by atoms with Crippen LogP contribution in [-0.4, -0.2) is 12.5 Å². The maximum atomic E-state index is 10.9. The second-order valence-electron chi connectivity index (χ2n) is 4.49. The van der Waals surface area contributed by atoms with Gasteiger partial charge in [0.15, 0.2) is 0 Å². The molecule has 3 N–H and O–H groups in total. The summed E-state index contributed by atoms with van der Waals surface area (Å²) in [6.45, 7) is 2.12. The van der Waals surface area contributed by atoms with E-state index in [0.29, 0.717) is 6.54 Å². The molecule has 1 amide bonds. The van der Waals surface area contributed by atoms with Crippen molar-refractivity contribution >= 4 is 11.6 Å². The molecule has 104 valence electrons. The van der Waals surface area contributed by atoms with E-state index in [1.807, 2.05) is 36.4 Å². The summed E-state index contributed by atoms with van der Waals surface area (Å²) in [4.78, 5) is 10.9. The van der Waals surface area contributed by atoms with Gasteiger partial charge in [-0.1, -0.05) is 12.1 Å². The Balaban J connectivity index is 2.00. The zero-order chi connectivity index (χ0) is 14.4. The van der Waals surface area contributed by atoms with E-state index in [1.165, 1.54) is 12.5 Å². The minimum atomic E-state index is -0.0887. The van der Waals surface area contributed by atoms with Gasteiger partial charge in [-0.15, -0.1) is 0 Å². The third-order valence-electron chi connectivity index (χ3n) is 2.77. The van der Waals surface area contributed by atoms with Gasteiger partial charge in [-0.3, -0.25) is 4.79 Å². The Morgan fingerprint density at radius 1 is 1.05 bits per heavy atom. The summed E-state index contributed by atoms with van der Waals surface area (Å²) in [5.74, 6) is 1.41. The highest BCUT2D eigenvalue weighted by atomic mass is 16.5. The Kier molecular flexibility index (Phi) is 4.74. The zero-order valence-corrected chi connectivity index (χ0v) is 11.4. The number of anilines is 1. The predicted molar refractivity (Wildman–Crippen MR) is 80.0 cm³/mol. The van der Waals surface area contributed by atoms with Crippen LogP contribution < -0.4 is 15.8 Å². The molecule has 0 aliphatic carbocycles. The highest BCUT2D eigenvalue weighted by Crippen LogP contribution is 2.23. The molecule has 0 atom stereocenters. The van der Waals surface area contributed by atoms with Gasteiger partial charge in [-0.05, 0) is 54.9 Å².